The van der Waals surface area contributed by atoms with Crippen molar-refractivity contribution in [2.24, 2.45) is 0 Å². The Labute approximate surface area is 78.1 Å². The van der Waals surface area contributed by atoms with E-state index in [4.69, 9.17) is 5.11 Å². The normalized spacial score (nSPS) is 10.0. The summed E-state index contributed by atoms with van der Waals surface area (Å²) in [5, 5.41) is 8.96. The second-order valence-corrected chi connectivity index (χ2v) is 9.44. The van der Waals surface area contributed by atoms with Gasteiger partial charge < -0.3 is 0 Å². The van der Waals surface area contributed by atoms with Crippen LogP contribution in [0.4, 0.5) is 0 Å². The second-order valence-electron chi connectivity index (χ2n) is 2.02. The molecule has 0 bridgehead atoms. The van der Waals surface area contributed by atoms with Gasteiger partial charge in [-0.05, 0) is 0 Å². The number of rotatable bonds is 3. The van der Waals surface area contributed by atoms with E-state index in [1.807, 2.05) is 18.2 Å². The van der Waals surface area contributed by atoms with E-state index in [0.717, 1.165) is 18.7 Å². The average molecular weight is 280 g/mol. The summed E-state index contributed by atoms with van der Waals surface area (Å²) in [6.07, 6.45) is 0. The number of hydrogen-bond acceptors (Lipinski definition) is 1. The van der Waals surface area contributed by atoms with Gasteiger partial charge in [0, 0.05) is 0 Å². The van der Waals surface area contributed by atoms with E-state index in [9.17, 15) is 0 Å². The van der Waals surface area contributed by atoms with Gasteiger partial charge in [0.05, 0.1) is 0 Å². The third-order valence-corrected chi connectivity index (χ3v) is 6.65. The zero-order chi connectivity index (χ0) is 8.10. The first-order valence-corrected chi connectivity index (χ1v) is 10.2. The van der Waals surface area contributed by atoms with Gasteiger partial charge in [0.25, 0.3) is 0 Å². The predicted molar refractivity (Wildman–Crippen MR) is 49.4 cm³/mol. The van der Waals surface area contributed by atoms with Crippen LogP contribution in [-0.2, 0) is 6.61 Å². The maximum atomic E-state index is 8.96. The predicted octanol–water partition coefficient (Wildman–Crippen LogP) is 0.176. The molecular weight excluding hydrogens is 270 g/mol. The third-order valence-electron chi connectivity index (χ3n) is 1.32. The van der Waals surface area contributed by atoms with E-state index in [0.29, 0.717) is 13.1 Å². The van der Waals surface area contributed by atoms with Crippen LogP contribution in [0.5, 0.6) is 0 Å². The fourth-order valence-electron chi connectivity index (χ4n) is 0.806. The van der Waals surface area contributed by atoms with Crippen LogP contribution in [0, 0.1) is 0 Å². The molecule has 0 aliphatic heterocycles. The molecule has 0 saturated carbocycles. The van der Waals surface area contributed by atoms with Gasteiger partial charge in [-0.25, -0.2) is 0 Å². The topological polar surface area (TPSA) is 20.2 Å². The summed E-state index contributed by atoms with van der Waals surface area (Å²) in [6, 6.07) is 8.15. The molecule has 3 heteroatoms. The Morgan fingerprint density at radius 1 is 1.36 bits per heavy atom. The Morgan fingerprint density at radius 2 is 2.09 bits per heavy atom. The molecule has 0 heterocycles. The van der Waals surface area contributed by atoms with Crippen LogP contribution < -0.4 is 4.46 Å². The summed E-state index contributed by atoms with van der Waals surface area (Å²) < 4.78 is 1.37. The Hall–Kier alpha value is 0.219. The summed E-state index contributed by atoms with van der Waals surface area (Å²) in [6.45, 7) is 0.188. The average Bonchev–Trinajstić information content (AvgIpc) is 2.06. The standard InChI is InChI=1S/C8H10OSe2/c1-10-11-8-5-3-2-4-7(8)6-9/h2-5,9H,6H2,1H3. The molecule has 0 fully saturated rings. The monoisotopic (exact) mass is 282 g/mol. The van der Waals surface area contributed by atoms with Gasteiger partial charge >= 0.3 is 78.1 Å². The molecule has 11 heavy (non-hydrogen) atoms. The minimum absolute atomic E-state index is 0.188. The van der Waals surface area contributed by atoms with Gasteiger partial charge in [-0.3, -0.25) is 0 Å². The molecule has 0 aromatic heterocycles. The number of aliphatic hydroxyl groups is 1. The molecule has 0 atom stereocenters. The molecular formula is C8H10OSe2. The van der Waals surface area contributed by atoms with Crippen molar-refractivity contribution < 1.29 is 5.11 Å². The van der Waals surface area contributed by atoms with Crippen LogP contribution in [-0.4, -0.2) is 31.4 Å². The summed E-state index contributed by atoms with van der Waals surface area (Å²) in [7, 11) is 0. The molecule has 0 amide bonds. The summed E-state index contributed by atoms with van der Waals surface area (Å²) in [5.74, 6) is 2.24. The summed E-state index contributed by atoms with van der Waals surface area (Å²) in [5.41, 5.74) is 1.11. The summed E-state index contributed by atoms with van der Waals surface area (Å²) >= 11 is 1.32. The molecule has 1 aromatic rings. The van der Waals surface area contributed by atoms with Gasteiger partial charge in [-0.1, -0.05) is 0 Å². The van der Waals surface area contributed by atoms with Crippen LogP contribution in [0.3, 0.4) is 0 Å². The minimum atomic E-state index is 0.188. The Morgan fingerprint density at radius 3 is 2.73 bits per heavy atom. The molecule has 0 radical (unpaired) electrons. The van der Waals surface area contributed by atoms with Crippen molar-refractivity contribution in [3.8, 4) is 0 Å². The van der Waals surface area contributed by atoms with E-state index >= 15 is 0 Å². The van der Waals surface area contributed by atoms with E-state index < -0.39 is 0 Å². The Balaban J connectivity index is 2.83. The van der Waals surface area contributed by atoms with Crippen molar-refractivity contribution in [2.45, 2.75) is 12.4 Å². The van der Waals surface area contributed by atoms with Gasteiger partial charge in [-0.15, -0.1) is 0 Å². The fraction of sp³-hybridized carbons (Fsp3) is 0.250. The molecule has 1 N–H and O–H groups in total. The van der Waals surface area contributed by atoms with Crippen molar-refractivity contribution in [1.82, 2.24) is 0 Å². The molecule has 0 spiro atoms. The van der Waals surface area contributed by atoms with Crippen LogP contribution >= 0.6 is 0 Å². The number of hydrogen-bond donors (Lipinski definition) is 1. The first kappa shape index (κ1) is 9.31. The third kappa shape index (κ3) is 2.62. The van der Waals surface area contributed by atoms with Crippen molar-refractivity contribution in [2.75, 3.05) is 0 Å². The molecule has 0 unspecified atom stereocenters. The van der Waals surface area contributed by atoms with Crippen molar-refractivity contribution >= 4 is 30.7 Å². The van der Waals surface area contributed by atoms with Crippen molar-refractivity contribution in [3.63, 3.8) is 0 Å². The molecule has 0 aliphatic carbocycles. The molecule has 0 saturated heterocycles. The quantitative estimate of drug-likeness (QED) is 0.783. The van der Waals surface area contributed by atoms with Gasteiger partial charge in [0.1, 0.15) is 0 Å². The van der Waals surface area contributed by atoms with Crippen molar-refractivity contribution in [1.29, 1.82) is 0 Å². The Bertz CT molecular complexity index is 225. The van der Waals surface area contributed by atoms with Gasteiger partial charge in [-0.2, -0.15) is 0 Å². The molecule has 60 valence electrons. The van der Waals surface area contributed by atoms with E-state index in [1.54, 1.807) is 0 Å². The molecule has 1 nitrogen and oxygen atoms in total. The van der Waals surface area contributed by atoms with E-state index in [1.165, 1.54) is 4.46 Å². The molecule has 1 rings (SSSR count). The van der Waals surface area contributed by atoms with Crippen LogP contribution in [0.2, 0.25) is 5.82 Å². The van der Waals surface area contributed by atoms with Gasteiger partial charge in [0.15, 0.2) is 0 Å². The maximum absolute atomic E-state index is 8.96. The van der Waals surface area contributed by atoms with Crippen LogP contribution in [0.15, 0.2) is 24.3 Å². The SMILES string of the molecule is C[Se][Se]c1ccccc1CO. The first-order chi connectivity index (χ1) is 5.38. The van der Waals surface area contributed by atoms with Crippen LogP contribution in [0.1, 0.15) is 5.56 Å². The second kappa shape index (κ2) is 4.97. The Kier molecular flexibility index (Phi) is 4.21. The van der Waals surface area contributed by atoms with Crippen molar-refractivity contribution in [3.05, 3.63) is 29.8 Å². The van der Waals surface area contributed by atoms with E-state index in [2.05, 4.69) is 11.9 Å². The zero-order valence-electron chi connectivity index (χ0n) is 6.28. The summed E-state index contributed by atoms with van der Waals surface area (Å²) in [4.78, 5) is 0. The van der Waals surface area contributed by atoms with Gasteiger partial charge in [0.2, 0.25) is 0 Å². The van der Waals surface area contributed by atoms with Crippen LogP contribution in [0.25, 0.3) is 0 Å². The number of benzene rings is 1. The first-order valence-electron chi connectivity index (χ1n) is 3.28. The van der Waals surface area contributed by atoms with E-state index in [-0.39, 0.29) is 6.61 Å². The number of aliphatic hydroxyl groups excluding tert-OH is 1. The molecule has 1 aromatic carbocycles. The zero-order valence-corrected chi connectivity index (χ0v) is 9.71. The fourth-order valence-corrected chi connectivity index (χ4v) is 5.70. The molecule has 0 aliphatic rings.